The van der Waals surface area contributed by atoms with E-state index in [4.69, 9.17) is 4.52 Å². The highest BCUT2D eigenvalue weighted by molar-refractivity contribution is 5.88. The molecule has 1 aromatic carbocycles. The van der Waals surface area contributed by atoms with Crippen molar-refractivity contribution in [3.8, 4) is 11.3 Å². The lowest BCUT2D eigenvalue weighted by Gasteiger charge is -2.34. The number of hydrogen-bond donors (Lipinski definition) is 1. The number of amides is 2. The molecule has 4 rings (SSSR count). The van der Waals surface area contributed by atoms with Crippen LogP contribution in [0.5, 0.6) is 0 Å². The van der Waals surface area contributed by atoms with E-state index in [-0.39, 0.29) is 6.03 Å². The van der Waals surface area contributed by atoms with Gasteiger partial charge in [-0.1, -0.05) is 5.16 Å². The molecule has 3 aromatic rings. The Labute approximate surface area is 171 Å². The number of hydrogen-bond acceptors (Lipinski definition) is 6. The molecule has 0 spiro atoms. The Hall–Kier alpha value is -3.56. The van der Waals surface area contributed by atoms with Gasteiger partial charge in [-0.15, -0.1) is 0 Å². The molecule has 0 saturated carbocycles. The van der Waals surface area contributed by atoms with Crippen LogP contribution in [0.4, 0.5) is 25.4 Å². The third kappa shape index (κ3) is 4.07. The van der Waals surface area contributed by atoms with Gasteiger partial charge in [0.05, 0.1) is 11.4 Å². The van der Waals surface area contributed by atoms with Crippen LogP contribution in [0.15, 0.2) is 35.0 Å². The van der Waals surface area contributed by atoms with Crippen LogP contribution in [0, 0.1) is 25.5 Å². The van der Waals surface area contributed by atoms with E-state index in [1.54, 1.807) is 24.1 Å². The largest absolute Gasteiger partial charge is 0.338 e. The number of nitrogens with one attached hydrogen (secondary N) is 1. The van der Waals surface area contributed by atoms with E-state index in [0.717, 1.165) is 17.3 Å². The number of carbonyl (C=O) groups is 1. The summed E-state index contributed by atoms with van der Waals surface area (Å²) in [4.78, 5) is 24.8. The molecule has 1 saturated heterocycles. The molecule has 0 aliphatic carbocycles. The number of piperazine rings is 1. The molecule has 1 aliphatic rings. The average molecular weight is 414 g/mol. The summed E-state index contributed by atoms with van der Waals surface area (Å²) in [6.07, 6.45) is 1.55. The molecule has 2 aromatic heterocycles. The van der Waals surface area contributed by atoms with Crippen LogP contribution in [0.1, 0.15) is 11.3 Å². The Bertz CT molecular complexity index is 1060. The molecule has 1 N–H and O–H groups in total. The second kappa shape index (κ2) is 8.05. The van der Waals surface area contributed by atoms with Gasteiger partial charge in [0.1, 0.15) is 11.6 Å². The van der Waals surface area contributed by atoms with E-state index >= 15 is 0 Å². The SMILES string of the molecule is Cc1noc(NC(=O)N2CCN(c3nccc(-c4cc(F)cc(F)c4)n3)CC2)c1C. The first-order valence-electron chi connectivity index (χ1n) is 9.44. The summed E-state index contributed by atoms with van der Waals surface area (Å²) in [6.45, 7) is 5.58. The van der Waals surface area contributed by atoms with Crippen LogP contribution in [0.3, 0.4) is 0 Å². The van der Waals surface area contributed by atoms with Gasteiger partial charge >= 0.3 is 6.03 Å². The molecule has 1 fully saturated rings. The minimum atomic E-state index is -0.665. The normalized spacial score (nSPS) is 14.1. The smallest absolute Gasteiger partial charge is 0.324 e. The van der Waals surface area contributed by atoms with Crippen molar-refractivity contribution in [2.24, 2.45) is 0 Å². The first kappa shape index (κ1) is 19.7. The van der Waals surface area contributed by atoms with Crippen molar-refractivity contribution >= 4 is 17.9 Å². The zero-order valence-electron chi connectivity index (χ0n) is 16.5. The monoisotopic (exact) mass is 414 g/mol. The lowest BCUT2D eigenvalue weighted by molar-refractivity contribution is 0.207. The number of carbonyl (C=O) groups excluding carboxylic acids is 1. The van der Waals surface area contributed by atoms with E-state index in [2.05, 4.69) is 20.4 Å². The molecule has 156 valence electrons. The maximum Gasteiger partial charge on any atom is 0.324 e. The predicted molar refractivity (Wildman–Crippen MR) is 106 cm³/mol. The van der Waals surface area contributed by atoms with Crippen molar-refractivity contribution in [2.45, 2.75) is 13.8 Å². The van der Waals surface area contributed by atoms with Crippen molar-refractivity contribution in [3.05, 3.63) is 53.4 Å². The highest BCUT2D eigenvalue weighted by atomic mass is 19.1. The molecule has 0 radical (unpaired) electrons. The highest BCUT2D eigenvalue weighted by Crippen LogP contribution is 2.22. The average Bonchev–Trinajstić information content (AvgIpc) is 3.05. The lowest BCUT2D eigenvalue weighted by atomic mass is 10.1. The molecule has 0 bridgehead atoms. The highest BCUT2D eigenvalue weighted by Gasteiger charge is 2.24. The van der Waals surface area contributed by atoms with Crippen molar-refractivity contribution in [2.75, 3.05) is 36.4 Å². The summed E-state index contributed by atoms with van der Waals surface area (Å²) in [5.41, 5.74) is 2.29. The van der Waals surface area contributed by atoms with Gasteiger partial charge in [0.15, 0.2) is 0 Å². The van der Waals surface area contributed by atoms with Gasteiger partial charge in [0, 0.05) is 49.6 Å². The van der Waals surface area contributed by atoms with Gasteiger partial charge in [0.25, 0.3) is 0 Å². The molecule has 3 heterocycles. The van der Waals surface area contributed by atoms with Gasteiger partial charge in [-0.25, -0.2) is 23.5 Å². The second-order valence-corrected chi connectivity index (χ2v) is 7.03. The van der Waals surface area contributed by atoms with Gasteiger partial charge in [0.2, 0.25) is 11.8 Å². The molecule has 10 heteroatoms. The van der Waals surface area contributed by atoms with Crippen molar-refractivity contribution < 1.29 is 18.1 Å². The molecule has 0 atom stereocenters. The molecule has 30 heavy (non-hydrogen) atoms. The van der Waals surface area contributed by atoms with E-state index in [0.29, 0.717) is 49.3 Å². The second-order valence-electron chi connectivity index (χ2n) is 7.03. The van der Waals surface area contributed by atoms with Gasteiger partial charge in [-0.05, 0) is 32.0 Å². The van der Waals surface area contributed by atoms with E-state index < -0.39 is 11.6 Å². The van der Waals surface area contributed by atoms with Gasteiger partial charge in [-0.2, -0.15) is 0 Å². The van der Waals surface area contributed by atoms with Crippen LogP contribution in [0.2, 0.25) is 0 Å². The standard InChI is InChI=1S/C20H20F2N6O2/c1-12-13(2)26-30-18(12)25-20(29)28-7-5-27(6-8-28)19-23-4-3-17(24-19)14-9-15(21)11-16(22)10-14/h3-4,9-11H,5-8H2,1-2H3,(H,25,29). The number of urea groups is 1. The van der Waals surface area contributed by atoms with Crippen LogP contribution in [-0.2, 0) is 0 Å². The van der Waals surface area contributed by atoms with Crippen LogP contribution >= 0.6 is 0 Å². The summed E-state index contributed by atoms with van der Waals surface area (Å²) in [5, 5.41) is 6.56. The molecular formula is C20H20F2N6O2. The third-order valence-corrected chi connectivity index (χ3v) is 5.03. The summed E-state index contributed by atoms with van der Waals surface area (Å²) < 4.78 is 32.2. The zero-order chi connectivity index (χ0) is 21.3. The lowest BCUT2D eigenvalue weighted by Crippen LogP contribution is -2.50. The quantitative estimate of drug-likeness (QED) is 0.707. The van der Waals surface area contributed by atoms with Crippen molar-refractivity contribution in [1.82, 2.24) is 20.0 Å². The molecule has 1 aliphatic heterocycles. The van der Waals surface area contributed by atoms with Gasteiger partial charge in [-0.3, -0.25) is 5.32 Å². The first-order chi connectivity index (χ1) is 14.4. The molecule has 8 nitrogen and oxygen atoms in total. The molecule has 0 unspecified atom stereocenters. The van der Waals surface area contributed by atoms with Gasteiger partial charge < -0.3 is 14.3 Å². The number of anilines is 2. The Morgan fingerprint density at radius 2 is 1.80 bits per heavy atom. The van der Waals surface area contributed by atoms with E-state index in [1.807, 2.05) is 11.8 Å². The third-order valence-electron chi connectivity index (χ3n) is 5.03. The Kier molecular flexibility index (Phi) is 5.30. The number of nitrogens with zero attached hydrogens (tertiary/aromatic N) is 5. The minimum absolute atomic E-state index is 0.265. The Morgan fingerprint density at radius 1 is 1.10 bits per heavy atom. The zero-order valence-corrected chi connectivity index (χ0v) is 16.5. The molecule has 2 amide bonds. The number of aryl methyl sites for hydroxylation is 1. The fourth-order valence-electron chi connectivity index (χ4n) is 3.18. The Balaban J connectivity index is 1.41. The number of rotatable bonds is 3. The Morgan fingerprint density at radius 3 is 2.43 bits per heavy atom. The summed E-state index contributed by atoms with van der Waals surface area (Å²) in [5.74, 6) is -0.541. The fourth-order valence-corrected chi connectivity index (χ4v) is 3.18. The first-order valence-corrected chi connectivity index (χ1v) is 9.44. The van der Waals surface area contributed by atoms with E-state index in [1.165, 1.54) is 12.1 Å². The summed E-state index contributed by atoms with van der Waals surface area (Å²) in [7, 11) is 0. The topological polar surface area (TPSA) is 87.4 Å². The van der Waals surface area contributed by atoms with Crippen LogP contribution in [0.25, 0.3) is 11.3 Å². The fraction of sp³-hybridized carbons (Fsp3) is 0.300. The minimum Gasteiger partial charge on any atom is -0.338 e. The van der Waals surface area contributed by atoms with Crippen LogP contribution in [-0.4, -0.2) is 52.2 Å². The van der Waals surface area contributed by atoms with E-state index in [9.17, 15) is 13.6 Å². The van der Waals surface area contributed by atoms with Crippen molar-refractivity contribution in [3.63, 3.8) is 0 Å². The molecular weight excluding hydrogens is 394 g/mol. The number of halogens is 2. The summed E-state index contributed by atoms with van der Waals surface area (Å²) >= 11 is 0. The predicted octanol–water partition coefficient (Wildman–Crippen LogP) is 3.38. The maximum absolute atomic E-state index is 13.5. The summed E-state index contributed by atoms with van der Waals surface area (Å²) in [6, 6.07) is 4.61. The van der Waals surface area contributed by atoms with Crippen LogP contribution < -0.4 is 10.2 Å². The number of benzene rings is 1. The number of aromatic nitrogens is 3. The maximum atomic E-state index is 13.5. The van der Waals surface area contributed by atoms with Crippen molar-refractivity contribution in [1.29, 1.82) is 0 Å².